The van der Waals surface area contributed by atoms with E-state index in [2.05, 4.69) is 5.32 Å². The van der Waals surface area contributed by atoms with Crippen molar-refractivity contribution in [3.05, 3.63) is 108 Å². The Morgan fingerprint density at radius 1 is 0.971 bits per heavy atom. The molecule has 0 spiro atoms. The van der Waals surface area contributed by atoms with Crippen LogP contribution in [-0.4, -0.2) is 33.1 Å². The van der Waals surface area contributed by atoms with Crippen LogP contribution in [0.15, 0.2) is 84.9 Å². The second-order valence-corrected chi connectivity index (χ2v) is 8.37. The van der Waals surface area contributed by atoms with Crippen LogP contribution in [0.5, 0.6) is 0 Å². The van der Waals surface area contributed by atoms with Gasteiger partial charge in [0.15, 0.2) is 11.6 Å². The maximum absolute atomic E-state index is 13.6. The van der Waals surface area contributed by atoms with Gasteiger partial charge in [0.2, 0.25) is 11.8 Å². The van der Waals surface area contributed by atoms with Gasteiger partial charge >= 0.3 is 0 Å². The predicted octanol–water partition coefficient (Wildman–Crippen LogP) is 3.43. The standard InChI is InChI=1S/C27H26FN5O2/c1-27(21-10-6-3-7-11-21,26(35)30-17-16-23(29)34)25-31-24(20-12-14-22(28)15-13-20)33(32-25)18-19-8-4-2-5-9-19/h2-15H,16-18H2,1H3,(H2,29,34)(H,30,35). The Labute approximate surface area is 202 Å². The fraction of sp³-hybridized carbons (Fsp3) is 0.185. The van der Waals surface area contributed by atoms with Crippen LogP contribution in [0.2, 0.25) is 0 Å². The van der Waals surface area contributed by atoms with E-state index < -0.39 is 11.3 Å². The molecule has 3 aromatic carbocycles. The molecule has 1 aromatic heterocycles. The molecule has 1 atom stereocenters. The van der Waals surface area contributed by atoms with Crippen LogP contribution in [0.3, 0.4) is 0 Å². The second kappa shape index (κ2) is 10.3. The summed E-state index contributed by atoms with van der Waals surface area (Å²) in [6.07, 6.45) is 0.0211. The molecule has 0 aliphatic heterocycles. The highest BCUT2D eigenvalue weighted by Crippen LogP contribution is 2.32. The van der Waals surface area contributed by atoms with Crippen molar-refractivity contribution in [2.45, 2.75) is 25.3 Å². The van der Waals surface area contributed by atoms with Crippen molar-refractivity contribution in [1.82, 2.24) is 20.1 Å². The molecule has 7 nitrogen and oxygen atoms in total. The largest absolute Gasteiger partial charge is 0.370 e. The van der Waals surface area contributed by atoms with Gasteiger partial charge < -0.3 is 11.1 Å². The number of nitrogens with zero attached hydrogens (tertiary/aromatic N) is 3. The molecule has 0 saturated heterocycles. The predicted molar refractivity (Wildman–Crippen MR) is 131 cm³/mol. The molecule has 0 fully saturated rings. The molecule has 1 unspecified atom stereocenters. The van der Waals surface area contributed by atoms with Gasteiger partial charge in [-0.05, 0) is 42.3 Å². The Morgan fingerprint density at radius 2 is 1.60 bits per heavy atom. The van der Waals surface area contributed by atoms with Gasteiger partial charge in [-0.25, -0.2) is 14.1 Å². The number of hydrogen-bond donors (Lipinski definition) is 2. The normalized spacial score (nSPS) is 12.6. The smallest absolute Gasteiger partial charge is 0.238 e. The second-order valence-electron chi connectivity index (χ2n) is 8.37. The van der Waals surface area contributed by atoms with Gasteiger partial charge in [0.25, 0.3) is 0 Å². The summed E-state index contributed by atoms with van der Waals surface area (Å²) in [5, 5.41) is 7.57. The summed E-state index contributed by atoms with van der Waals surface area (Å²) in [6, 6.07) is 25.0. The number of rotatable bonds is 9. The third-order valence-corrected chi connectivity index (χ3v) is 5.86. The minimum absolute atomic E-state index is 0.0211. The topological polar surface area (TPSA) is 103 Å². The highest BCUT2D eigenvalue weighted by Gasteiger charge is 2.41. The molecule has 1 heterocycles. The monoisotopic (exact) mass is 471 g/mol. The number of carbonyl (C=O) groups is 2. The molecule has 8 heteroatoms. The van der Waals surface area contributed by atoms with E-state index in [9.17, 15) is 14.0 Å². The molecule has 0 bridgehead atoms. The lowest BCUT2D eigenvalue weighted by atomic mass is 9.80. The Kier molecular flexibility index (Phi) is 7.01. The third-order valence-electron chi connectivity index (χ3n) is 5.86. The van der Waals surface area contributed by atoms with Crippen molar-refractivity contribution in [2.75, 3.05) is 6.54 Å². The van der Waals surface area contributed by atoms with Gasteiger partial charge in [0.1, 0.15) is 11.2 Å². The fourth-order valence-corrected chi connectivity index (χ4v) is 3.84. The van der Waals surface area contributed by atoms with E-state index in [4.69, 9.17) is 15.8 Å². The van der Waals surface area contributed by atoms with E-state index >= 15 is 0 Å². The molecular weight excluding hydrogens is 445 g/mol. The number of aromatic nitrogens is 3. The van der Waals surface area contributed by atoms with E-state index in [0.29, 0.717) is 23.5 Å². The van der Waals surface area contributed by atoms with Gasteiger partial charge in [-0.15, -0.1) is 0 Å². The zero-order valence-electron chi connectivity index (χ0n) is 19.3. The average Bonchev–Trinajstić information content (AvgIpc) is 3.29. The molecule has 2 amide bonds. The van der Waals surface area contributed by atoms with Crippen molar-refractivity contribution < 1.29 is 14.0 Å². The number of nitrogens with two attached hydrogens (primary N) is 1. The zero-order valence-corrected chi connectivity index (χ0v) is 19.3. The molecular formula is C27H26FN5O2. The van der Waals surface area contributed by atoms with E-state index in [1.54, 1.807) is 23.7 Å². The maximum atomic E-state index is 13.6. The first kappa shape index (κ1) is 23.8. The number of carbonyl (C=O) groups excluding carboxylic acids is 2. The van der Waals surface area contributed by atoms with E-state index in [1.807, 2.05) is 60.7 Å². The summed E-state index contributed by atoms with van der Waals surface area (Å²) in [5.74, 6) is -0.416. The first-order valence-electron chi connectivity index (χ1n) is 11.2. The van der Waals surface area contributed by atoms with Gasteiger partial charge in [0, 0.05) is 18.5 Å². The molecule has 4 aromatic rings. The molecule has 4 rings (SSSR count). The summed E-state index contributed by atoms with van der Waals surface area (Å²) in [7, 11) is 0. The molecule has 0 aliphatic rings. The van der Waals surface area contributed by atoms with Crippen LogP contribution in [0.4, 0.5) is 4.39 Å². The summed E-state index contributed by atoms with van der Waals surface area (Å²) >= 11 is 0. The number of benzene rings is 3. The molecule has 0 radical (unpaired) electrons. The average molecular weight is 472 g/mol. The zero-order chi connectivity index (χ0) is 24.8. The van der Waals surface area contributed by atoms with E-state index in [-0.39, 0.29) is 30.5 Å². The van der Waals surface area contributed by atoms with Gasteiger partial charge in [-0.2, -0.15) is 5.10 Å². The molecule has 178 valence electrons. The lowest BCUT2D eigenvalue weighted by molar-refractivity contribution is -0.125. The van der Waals surface area contributed by atoms with Crippen LogP contribution in [0.1, 0.15) is 30.3 Å². The molecule has 35 heavy (non-hydrogen) atoms. The number of nitrogens with one attached hydrogen (secondary N) is 1. The van der Waals surface area contributed by atoms with Crippen LogP contribution in [-0.2, 0) is 21.5 Å². The van der Waals surface area contributed by atoms with Crippen molar-refractivity contribution >= 4 is 11.8 Å². The first-order valence-corrected chi connectivity index (χ1v) is 11.2. The lowest BCUT2D eigenvalue weighted by Crippen LogP contribution is -2.45. The van der Waals surface area contributed by atoms with Crippen molar-refractivity contribution in [3.8, 4) is 11.4 Å². The Bertz CT molecular complexity index is 1310. The molecule has 0 aliphatic carbocycles. The third kappa shape index (κ3) is 5.27. The number of halogens is 1. The van der Waals surface area contributed by atoms with Crippen molar-refractivity contribution in [1.29, 1.82) is 0 Å². The Hall–Kier alpha value is -4.33. The number of amides is 2. The van der Waals surface area contributed by atoms with E-state index in [1.165, 1.54) is 12.1 Å². The molecule has 0 saturated carbocycles. The summed E-state index contributed by atoms with van der Waals surface area (Å²) < 4.78 is 15.3. The lowest BCUT2D eigenvalue weighted by Gasteiger charge is -2.26. The van der Waals surface area contributed by atoms with Crippen LogP contribution in [0.25, 0.3) is 11.4 Å². The SMILES string of the molecule is CC(C(=O)NCCC(N)=O)(c1ccccc1)c1nc(-c2ccc(F)cc2)n(Cc2ccccc2)n1. The highest BCUT2D eigenvalue weighted by atomic mass is 19.1. The van der Waals surface area contributed by atoms with Gasteiger partial charge in [0.05, 0.1) is 6.54 Å². The molecule has 3 N–H and O–H groups in total. The highest BCUT2D eigenvalue weighted by molar-refractivity contribution is 5.91. The first-order chi connectivity index (χ1) is 16.9. The summed E-state index contributed by atoms with van der Waals surface area (Å²) in [6.45, 7) is 2.26. The maximum Gasteiger partial charge on any atom is 0.238 e. The number of hydrogen-bond acceptors (Lipinski definition) is 4. The van der Waals surface area contributed by atoms with Crippen LogP contribution in [0, 0.1) is 5.82 Å². The summed E-state index contributed by atoms with van der Waals surface area (Å²) in [5.41, 5.74) is 6.35. The quantitative estimate of drug-likeness (QED) is 0.390. The van der Waals surface area contributed by atoms with Gasteiger partial charge in [-0.1, -0.05) is 60.7 Å². The Morgan fingerprint density at radius 3 is 2.23 bits per heavy atom. The minimum Gasteiger partial charge on any atom is -0.370 e. The van der Waals surface area contributed by atoms with Crippen molar-refractivity contribution in [2.24, 2.45) is 5.73 Å². The minimum atomic E-state index is -1.25. The van der Waals surface area contributed by atoms with Crippen LogP contribution < -0.4 is 11.1 Å². The summed E-state index contributed by atoms with van der Waals surface area (Å²) in [4.78, 5) is 29.5. The van der Waals surface area contributed by atoms with E-state index in [0.717, 1.165) is 5.56 Å². The fourth-order valence-electron chi connectivity index (χ4n) is 3.84. The van der Waals surface area contributed by atoms with Crippen molar-refractivity contribution in [3.63, 3.8) is 0 Å². The van der Waals surface area contributed by atoms with Gasteiger partial charge in [-0.3, -0.25) is 9.59 Å². The van der Waals surface area contributed by atoms with Crippen LogP contribution >= 0.6 is 0 Å². The Balaban J connectivity index is 1.82. The number of primary amides is 1.